The molecule has 0 atom stereocenters. The molecular formula is C11H11Br3O. The molecule has 0 spiro atoms. The molecule has 0 heterocycles. The van der Waals surface area contributed by atoms with Crippen molar-refractivity contribution in [3.05, 3.63) is 37.7 Å². The van der Waals surface area contributed by atoms with E-state index in [0.717, 1.165) is 25.6 Å². The second-order valence-corrected chi connectivity index (χ2v) is 5.53. The minimum Gasteiger partial charge on any atom is -0.491 e. The van der Waals surface area contributed by atoms with Gasteiger partial charge in [0.05, 0.1) is 15.6 Å². The fraction of sp³-hybridized carbons (Fsp3) is 0.273. The molecule has 0 saturated heterocycles. The Bertz CT molecular complexity index is 338. The van der Waals surface area contributed by atoms with E-state index in [1.165, 1.54) is 0 Å². The van der Waals surface area contributed by atoms with Crippen molar-refractivity contribution in [2.24, 2.45) is 0 Å². The molecule has 0 aliphatic carbocycles. The molecule has 0 bridgehead atoms. The molecule has 1 aromatic carbocycles. The van der Waals surface area contributed by atoms with E-state index >= 15 is 0 Å². The highest BCUT2D eigenvalue weighted by molar-refractivity contribution is 9.11. The zero-order valence-corrected chi connectivity index (χ0v) is 13.0. The molecular weight excluding hydrogens is 388 g/mol. The Morgan fingerprint density at radius 2 is 1.80 bits per heavy atom. The van der Waals surface area contributed by atoms with E-state index in [0.29, 0.717) is 6.61 Å². The Labute approximate surface area is 115 Å². The van der Waals surface area contributed by atoms with E-state index in [1.54, 1.807) is 0 Å². The molecule has 15 heavy (non-hydrogen) atoms. The SMILES string of the molecule is CC=CCCOc1c(Br)cc(Br)cc1Br. The fourth-order valence-electron chi connectivity index (χ4n) is 1.06. The molecule has 0 radical (unpaired) electrons. The summed E-state index contributed by atoms with van der Waals surface area (Å²) in [5, 5.41) is 0. The summed E-state index contributed by atoms with van der Waals surface area (Å²) in [4.78, 5) is 0. The highest BCUT2D eigenvalue weighted by atomic mass is 79.9. The van der Waals surface area contributed by atoms with Crippen LogP contribution in [0.3, 0.4) is 0 Å². The third kappa shape index (κ3) is 4.29. The van der Waals surface area contributed by atoms with E-state index in [4.69, 9.17) is 4.74 Å². The third-order valence-corrected chi connectivity index (χ3v) is 3.37. The second kappa shape index (κ2) is 6.71. The van der Waals surface area contributed by atoms with Crippen LogP contribution in [0.1, 0.15) is 13.3 Å². The molecule has 0 fully saturated rings. The zero-order chi connectivity index (χ0) is 11.3. The number of hydrogen-bond acceptors (Lipinski definition) is 1. The van der Waals surface area contributed by atoms with Crippen molar-refractivity contribution in [3.63, 3.8) is 0 Å². The summed E-state index contributed by atoms with van der Waals surface area (Å²) in [6.07, 6.45) is 5.03. The monoisotopic (exact) mass is 396 g/mol. The summed E-state index contributed by atoms with van der Waals surface area (Å²) < 4.78 is 8.57. The van der Waals surface area contributed by atoms with Crippen LogP contribution in [0.5, 0.6) is 5.75 Å². The number of benzene rings is 1. The summed E-state index contributed by atoms with van der Waals surface area (Å²) in [7, 11) is 0. The summed E-state index contributed by atoms with van der Waals surface area (Å²) >= 11 is 10.3. The van der Waals surface area contributed by atoms with Crippen LogP contribution in [-0.2, 0) is 0 Å². The zero-order valence-electron chi connectivity index (χ0n) is 8.27. The minimum atomic E-state index is 0.684. The molecule has 0 aromatic heterocycles. The van der Waals surface area contributed by atoms with Crippen molar-refractivity contribution in [1.82, 2.24) is 0 Å². The predicted molar refractivity (Wildman–Crippen MR) is 74.5 cm³/mol. The van der Waals surface area contributed by atoms with Crippen LogP contribution in [0.25, 0.3) is 0 Å². The van der Waals surface area contributed by atoms with Crippen LogP contribution >= 0.6 is 47.8 Å². The molecule has 1 rings (SSSR count). The van der Waals surface area contributed by atoms with Crippen molar-refractivity contribution in [2.75, 3.05) is 6.61 Å². The standard InChI is InChI=1S/C11H11Br3O/c1-2-3-4-5-15-11-9(13)6-8(12)7-10(11)14/h2-3,6-7H,4-5H2,1H3. The van der Waals surface area contributed by atoms with Crippen LogP contribution < -0.4 is 4.74 Å². The van der Waals surface area contributed by atoms with Gasteiger partial charge in [0.15, 0.2) is 0 Å². The molecule has 0 aliphatic rings. The van der Waals surface area contributed by atoms with Crippen LogP contribution in [0.2, 0.25) is 0 Å². The van der Waals surface area contributed by atoms with Gasteiger partial charge in [0.25, 0.3) is 0 Å². The van der Waals surface area contributed by atoms with Crippen LogP contribution in [-0.4, -0.2) is 6.61 Å². The molecule has 0 unspecified atom stereocenters. The second-order valence-electron chi connectivity index (χ2n) is 2.90. The van der Waals surface area contributed by atoms with E-state index in [2.05, 4.69) is 53.9 Å². The van der Waals surface area contributed by atoms with Crippen molar-refractivity contribution >= 4 is 47.8 Å². The van der Waals surface area contributed by atoms with Crippen LogP contribution in [0.15, 0.2) is 37.7 Å². The number of allylic oxidation sites excluding steroid dienone is 1. The quantitative estimate of drug-likeness (QED) is 0.492. The normalized spacial score (nSPS) is 10.9. The Morgan fingerprint density at radius 1 is 1.20 bits per heavy atom. The number of hydrogen-bond donors (Lipinski definition) is 0. The first-order valence-electron chi connectivity index (χ1n) is 4.53. The number of ether oxygens (including phenoxy) is 1. The molecule has 82 valence electrons. The molecule has 0 N–H and O–H groups in total. The molecule has 1 nitrogen and oxygen atoms in total. The van der Waals surface area contributed by atoms with Crippen molar-refractivity contribution in [1.29, 1.82) is 0 Å². The summed E-state index contributed by atoms with van der Waals surface area (Å²) in [6.45, 7) is 2.69. The summed E-state index contributed by atoms with van der Waals surface area (Å²) in [5.41, 5.74) is 0. The van der Waals surface area contributed by atoms with Gasteiger partial charge in [-0.15, -0.1) is 0 Å². The molecule has 4 heteroatoms. The third-order valence-electron chi connectivity index (χ3n) is 1.73. The first-order valence-corrected chi connectivity index (χ1v) is 6.91. The lowest BCUT2D eigenvalue weighted by Crippen LogP contribution is -1.97. The predicted octanol–water partition coefficient (Wildman–Crippen LogP) is 5.32. The van der Waals surface area contributed by atoms with Gasteiger partial charge in [-0.05, 0) is 57.3 Å². The van der Waals surface area contributed by atoms with E-state index < -0.39 is 0 Å². The fourth-order valence-corrected chi connectivity index (χ4v) is 3.55. The Kier molecular flexibility index (Phi) is 5.94. The van der Waals surface area contributed by atoms with Gasteiger partial charge in [0, 0.05) is 4.47 Å². The van der Waals surface area contributed by atoms with Crippen LogP contribution in [0, 0.1) is 0 Å². The maximum absolute atomic E-state index is 5.66. The minimum absolute atomic E-state index is 0.684. The maximum atomic E-state index is 5.66. The van der Waals surface area contributed by atoms with Gasteiger partial charge >= 0.3 is 0 Å². The highest BCUT2D eigenvalue weighted by Gasteiger charge is 2.07. The number of rotatable bonds is 4. The lowest BCUT2D eigenvalue weighted by Gasteiger charge is -2.09. The van der Waals surface area contributed by atoms with Gasteiger partial charge in [-0.25, -0.2) is 0 Å². The van der Waals surface area contributed by atoms with Gasteiger partial charge in [-0.1, -0.05) is 28.1 Å². The van der Waals surface area contributed by atoms with E-state index in [-0.39, 0.29) is 0 Å². The summed E-state index contributed by atoms with van der Waals surface area (Å²) in [5.74, 6) is 0.850. The number of halogens is 3. The van der Waals surface area contributed by atoms with Gasteiger partial charge < -0.3 is 4.74 Å². The van der Waals surface area contributed by atoms with Gasteiger partial charge in [0.2, 0.25) is 0 Å². The molecule has 0 amide bonds. The average molecular weight is 399 g/mol. The van der Waals surface area contributed by atoms with Crippen molar-refractivity contribution in [2.45, 2.75) is 13.3 Å². The maximum Gasteiger partial charge on any atom is 0.147 e. The van der Waals surface area contributed by atoms with Crippen LogP contribution in [0.4, 0.5) is 0 Å². The van der Waals surface area contributed by atoms with E-state index in [9.17, 15) is 0 Å². The first-order chi connectivity index (χ1) is 7.15. The Balaban J connectivity index is 2.68. The topological polar surface area (TPSA) is 9.23 Å². The van der Waals surface area contributed by atoms with Gasteiger partial charge in [-0.2, -0.15) is 0 Å². The molecule has 0 aliphatic heterocycles. The average Bonchev–Trinajstić information content (AvgIpc) is 2.15. The van der Waals surface area contributed by atoms with Gasteiger partial charge in [0.1, 0.15) is 5.75 Å². The highest BCUT2D eigenvalue weighted by Crippen LogP contribution is 2.36. The molecule has 0 saturated carbocycles. The lowest BCUT2D eigenvalue weighted by atomic mass is 10.3. The molecule has 1 aromatic rings. The van der Waals surface area contributed by atoms with Gasteiger partial charge in [-0.3, -0.25) is 0 Å². The Hall–Kier alpha value is 0.200. The Morgan fingerprint density at radius 3 is 2.33 bits per heavy atom. The summed E-state index contributed by atoms with van der Waals surface area (Å²) in [6, 6.07) is 3.94. The van der Waals surface area contributed by atoms with Crippen molar-refractivity contribution in [3.8, 4) is 5.75 Å². The van der Waals surface area contributed by atoms with E-state index in [1.807, 2.05) is 25.1 Å². The smallest absolute Gasteiger partial charge is 0.147 e. The van der Waals surface area contributed by atoms with Crippen molar-refractivity contribution < 1.29 is 4.74 Å². The first kappa shape index (κ1) is 13.3. The lowest BCUT2D eigenvalue weighted by molar-refractivity contribution is 0.321. The largest absolute Gasteiger partial charge is 0.491 e.